The first-order valence-corrected chi connectivity index (χ1v) is 5.91. The van der Waals surface area contributed by atoms with Gasteiger partial charge in [0, 0.05) is 9.50 Å². The molecule has 0 aliphatic carbocycles. The van der Waals surface area contributed by atoms with Crippen molar-refractivity contribution >= 4 is 33.2 Å². The Morgan fingerprint density at radius 3 is 3.00 bits per heavy atom. The zero-order chi connectivity index (χ0) is 11.5. The maximum absolute atomic E-state index is 6.05. The van der Waals surface area contributed by atoms with Gasteiger partial charge in [0.2, 0.25) is 0 Å². The summed E-state index contributed by atoms with van der Waals surface area (Å²) in [6.07, 6.45) is 3.09. The summed E-state index contributed by atoms with van der Waals surface area (Å²) in [5.74, 6) is 0.781. The van der Waals surface area contributed by atoms with Crippen molar-refractivity contribution < 1.29 is 4.42 Å². The van der Waals surface area contributed by atoms with Crippen molar-refractivity contribution in [3.8, 4) is 0 Å². The number of halogens is 2. The van der Waals surface area contributed by atoms with Gasteiger partial charge < -0.3 is 9.73 Å². The number of aryl methyl sites for hydroxylation is 1. The van der Waals surface area contributed by atoms with Gasteiger partial charge in [0.25, 0.3) is 0 Å². The summed E-state index contributed by atoms with van der Waals surface area (Å²) < 4.78 is 6.11. The topological polar surface area (TPSA) is 38.1 Å². The highest BCUT2D eigenvalue weighted by molar-refractivity contribution is 9.10. The third kappa shape index (κ3) is 2.57. The molecule has 1 aromatic heterocycles. The highest BCUT2D eigenvalue weighted by Crippen LogP contribution is 2.29. The van der Waals surface area contributed by atoms with Crippen LogP contribution in [-0.2, 0) is 6.54 Å². The minimum absolute atomic E-state index is 0.581. The van der Waals surface area contributed by atoms with Crippen molar-refractivity contribution in [2.24, 2.45) is 0 Å². The lowest BCUT2D eigenvalue weighted by Crippen LogP contribution is -1.99. The predicted octanol–water partition coefficient (Wildman–Crippen LogP) is 4.01. The van der Waals surface area contributed by atoms with Gasteiger partial charge in [-0.05, 0) is 40.5 Å². The summed E-state index contributed by atoms with van der Waals surface area (Å²) in [5.41, 5.74) is 1.98. The van der Waals surface area contributed by atoms with Crippen LogP contribution in [0.4, 0.5) is 5.69 Å². The molecule has 1 aromatic carbocycles. The quantitative estimate of drug-likeness (QED) is 0.931. The SMILES string of the molecule is Cc1cc(Br)c(NCc2cnco2)cc1Cl. The second-order valence-corrected chi connectivity index (χ2v) is 4.66. The van der Waals surface area contributed by atoms with Crippen molar-refractivity contribution in [3.63, 3.8) is 0 Å². The Balaban J connectivity index is 2.12. The lowest BCUT2D eigenvalue weighted by Gasteiger charge is -2.09. The zero-order valence-electron chi connectivity index (χ0n) is 8.63. The molecule has 0 aliphatic heterocycles. The maximum Gasteiger partial charge on any atom is 0.180 e. The van der Waals surface area contributed by atoms with Crippen LogP contribution in [0.1, 0.15) is 11.3 Å². The summed E-state index contributed by atoms with van der Waals surface area (Å²) in [6, 6.07) is 3.86. The Hall–Kier alpha value is -1.00. The van der Waals surface area contributed by atoms with Crippen LogP contribution in [0.5, 0.6) is 0 Å². The van der Waals surface area contributed by atoms with E-state index in [0.29, 0.717) is 6.54 Å². The van der Waals surface area contributed by atoms with E-state index in [2.05, 4.69) is 26.2 Å². The third-order valence-electron chi connectivity index (χ3n) is 2.18. The van der Waals surface area contributed by atoms with Gasteiger partial charge in [-0.3, -0.25) is 0 Å². The molecule has 0 atom stereocenters. The average Bonchev–Trinajstić information content (AvgIpc) is 2.74. The van der Waals surface area contributed by atoms with E-state index in [1.165, 1.54) is 6.39 Å². The number of nitrogens with zero attached hydrogens (tertiary/aromatic N) is 1. The maximum atomic E-state index is 6.05. The molecule has 5 heteroatoms. The first-order chi connectivity index (χ1) is 7.66. The van der Waals surface area contributed by atoms with Gasteiger partial charge in [0.1, 0.15) is 5.76 Å². The number of oxazole rings is 1. The number of nitrogens with one attached hydrogen (secondary N) is 1. The monoisotopic (exact) mass is 300 g/mol. The van der Waals surface area contributed by atoms with E-state index in [1.54, 1.807) is 6.20 Å². The van der Waals surface area contributed by atoms with E-state index in [-0.39, 0.29) is 0 Å². The van der Waals surface area contributed by atoms with E-state index in [9.17, 15) is 0 Å². The lowest BCUT2D eigenvalue weighted by molar-refractivity contribution is 0.511. The largest absolute Gasteiger partial charge is 0.447 e. The fourth-order valence-corrected chi connectivity index (χ4v) is 2.06. The molecule has 0 radical (unpaired) electrons. The number of hydrogen-bond acceptors (Lipinski definition) is 3. The van der Waals surface area contributed by atoms with E-state index in [0.717, 1.165) is 26.5 Å². The summed E-state index contributed by atoms with van der Waals surface area (Å²) >= 11 is 9.53. The molecule has 0 unspecified atom stereocenters. The number of aromatic nitrogens is 1. The molecule has 0 spiro atoms. The Kier molecular flexibility index (Phi) is 3.51. The second-order valence-electron chi connectivity index (χ2n) is 3.40. The minimum Gasteiger partial charge on any atom is -0.447 e. The van der Waals surface area contributed by atoms with Crippen molar-refractivity contribution in [2.45, 2.75) is 13.5 Å². The molecule has 1 heterocycles. The summed E-state index contributed by atoms with van der Waals surface area (Å²) in [5, 5.41) is 3.96. The average molecular weight is 302 g/mol. The van der Waals surface area contributed by atoms with Gasteiger partial charge in [-0.25, -0.2) is 4.98 Å². The molecular formula is C11H10BrClN2O. The molecule has 2 rings (SSSR count). The molecule has 0 aliphatic rings. The molecule has 16 heavy (non-hydrogen) atoms. The summed E-state index contributed by atoms with van der Waals surface area (Å²) in [6.45, 7) is 2.55. The molecule has 0 saturated heterocycles. The third-order valence-corrected chi connectivity index (χ3v) is 3.25. The first-order valence-electron chi connectivity index (χ1n) is 4.73. The van der Waals surface area contributed by atoms with E-state index in [4.69, 9.17) is 16.0 Å². The van der Waals surface area contributed by atoms with Crippen LogP contribution >= 0.6 is 27.5 Å². The summed E-state index contributed by atoms with van der Waals surface area (Å²) in [7, 11) is 0. The molecule has 0 amide bonds. The number of rotatable bonds is 3. The zero-order valence-corrected chi connectivity index (χ0v) is 11.0. The fourth-order valence-electron chi connectivity index (χ4n) is 1.29. The molecule has 1 N–H and O–H groups in total. The van der Waals surface area contributed by atoms with Crippen molar-refractivity contribution in [3.05, 3.63) is 45.5 Å². The highest BCUT2D eigenvalue weighted by atomic mass is 79.9. The van der Waals surface area contributed by atoms with E-state index in [1.807, 2.05) is 19.1 Å². The smallest absolute Gasteiger partial charge is 0.180 e. The van der Waals surface area contributed by atoms with Crippen molar-refractivity contribution in [2.75, 3.05) is 5.32 Å². The second kappa shape index (κ2) is 4.89. The van der Waals surface area contributed by atoms with Crippen molar-refractivity contribution in [1.29, 1.82) is 0 Å². The van der Waals surface area contributed by atoms with E-state index < -0.39 is 0 Å². The van der Waals surface area contributed by atoms with Crippen molar-refractivity contribution in [1.82, 2.24) is 4.98 Å². The van der Waals surface area contributed by atoms with Crippen LogP contribution in [0, 0.1) is 6.92 Å². The highest BCUT2D eigenvalue weighted by Gasteiger charge is 2.04. The number of benzene rings is 1. The molecular weight excluding hydrogens is 291 g/mol. The first kappa shape index (κ1) is 11.5. The molecule has 2 aromatic rings. The molecule has 84 valence electrons. The van der Waals surface area contributed by atoms with Gasteiger partial charge in [-0.15, -0.1) is 0 Å². The van der Waals surface area contributed by atoms with Gasteiger partial charge in [0.15, 0.2) is 6.39 Å². The minimum atomic E-state index is 0.581. The Morgan fingerprint density at radius 1 is 1.50 bits per heavy atom. The number of hydrogen-bond donors (Lipinski definition) is 1. The van der Waals surface area contributed by atoms with Crippen LogP contribution in [0.15, 0.2) is 33.6 Å². The standard InChI is InChI=1S/C11H10BrClN2O/c1-7-2-9(12)11(3-10(7)13)15-5-8-4-14-6-16-8/h2-4,6,15H,5H2,1H3. The molecule has 0 fully saturated rings. The van der Waals surface area contributed by atoms with Gasteiger partial charge >= 0.3 is 0 Å². The van der Waals surface area contributed by atoms with E-state index >= 15 is 0 Å². The van der Waals surface area contributed by atoms with Crippen LogP contribution in [0.25, 0.3) is 0 Å². The van der Waals surface area contributed by atoms with Crippen LogP contribution in [0.2, 0.25) is 5.02 Å². The van der Waals surface area contributed by atoms with Crippen LogP contribution in [-0.4, -0.2) is 4.98 Å². The Labute approximate surface area is 107 Å². The Bertz CT molecular complexity index is 485. The van der Waals surface area contributed by atoms with Gasteiger partial charge in [-0.2, -0.15) is 0 Å². The molecule has 0 bridgehead atoms. The normalized spacial score (nSPS) is 10.4. The predicted molar refractivity (Wildman–Crippen MR) is 67.7 cm³/mol. The molecule has 3 nitrogen and oxygen atoms in total. The van der Waals surface area contributed by atoms with Gasteiger partial charge in [-0.1, -0.05) is 11.6 Å². The fraction of sp³-hybridized carbons (Fsp3) is 0.182. The summed E-state index contributed by atoms with van der Waals surface area (Å²) in [4.78, 5) is 3.84. The lowest BCUT2D eigenvalue weighted by atomic mass is 10.2. The van der Waals surface area contributed by atoms with Crippen LogP contribution in [0.3, 0.4) is 0 Å². The van der Waals surface area contributed by atoms with Gasteiger partial charge in [0.05, 0.1) is 18.4 Å². The van der Waals surface area contributed by atoms with Crippen LogP contribution < -0.4 is 5.32 Å². The molecule has 0 saturated carbocycles. The number of anilines is 1. The Morgan fingerprint density at radius 2 is 2.31 bits per heavy atom.